The Labute approximate surface area is 180 Å². The highest BCUT2D eigenvalue weighted by Gasteiger charge is 2.38. The lowest BCUT2D eigenvalue weighted by Crippen LogP contribution is -2.26. The van der Waals surface area contributed by atoms with Crippen molar-refractivity contribution in [1.82, 2.24) is 24.9 Å². The van der Waals surface area contributed by atoms with Gasteiger partial charge < -0.3 is 5.32 Å². The van der Waals surface area contributed by atoms with Crippen LogP contribution in [0.2, 0.25) is 0 Å². The minimum atomic E-state index is -4.63. The Bertz CT molecular complexity index is 1240. The van der Waals surface area contributed by atoms with Crippen molar-refractivity contribution >= 4 is 27.5 Å². The number of aromatic nitrogens is 4. The summed E-state index contributed by atoms with van der Waals surface area (Å²) in [5, 5.41) is 10.9. The van der Waals surface area contributed by atoms with Gasteiger partial charge in [-0.1, -0.05) is 18.2 Å². The average molecular weight is 447 g/mol. The molecule has 6 nitrogen and oxygen atoms in total. The molecule has 10 heteroatoms. The highest BCUT2D eigenvalue weighted by Crippen LogP contribution is 2.39. The number of rotatable bonds is 5. The number of amides is 1. The molecule has 0 bridgehead atoms. The largest absolute Gasteiger partial charge is 0.435 e. The van der Waals surface area contributed by atoms with E-state index in [2.05, 4.69) is 15.5 Å². The molecule has 4 aromatic rings. The Hall–Kier alpha value is -3.14. The van der Waals surface area contributed by atoms with Gasteiger partial charge in [-0.2, -0.15) is 23.4 Å². The van der Waals surface area contributed by atoms with Gasteiger partial charge >= 0.3 is 6.18 Å². The molecule has 3 aromatic heterocycles. The number of nitrogens with one attached hydrogen (secondary N) is 1. The fourth-order valence-corrected chi connectivity index (χ4v) is 4.47. The molecular weight excluding hydrogens is 427 g/mol. The van der Waals surface area contributed by atoms with Crippen LogP contribution < -0.4 is 5.32 Å². The van der Waals surface area contributed by atoms with E-state index in [1.54, 1.807) is 35.0 Å². The Morgan fingerprint density at radius 3 is 2.55 bits per heavy atom. The van der Waals surface area contributed by atoms with Crippen molar-refractivity contribution in [1.29, 1.82) is 0 Å². The summed E-state index contributed by atoms with van der Waals surface area (Å²) in [6.07, 6.45) is -2.77. The number of fused-ring (bicyclic) bond motifs is 1. The predicted molar refractivity (Wildman–Crippen MR) is 112 cm³/mol. The van der Waals surface area contributed by atoms with Crippen LogP contribution in [-0.4, -0.2) is 25.5 Å². The zero-order valence-corrected chi connectivity index (χ0v) is 17.9. The van der Waals surface area contributed by atoms with Crippen molar-refractivity contribution in [2.24, 2.45) is 0 Å². The lowest BCUT2D eigenvalue weighted by molar-refractivity contribution is -0.140. The van der Waals surface area contributed by atoms with Crippen molar-refractivity contribution in [2.45, 2.75) is 39.5 Å². The molecule has 0 saturated heterocycles. The number of carbonyl (C=O) groups excluding carboxylic acids is 1. The van der Waals surface area contributed by atoms with Crippen molar-refractivity contribution in [2.75, 3.05) is 0 Å². The van der Waals surface area contributed by atoms with E-state index in [0.29, 0.717) is 12.2 Å². The monoisotopic (exact) mass is 447 g/mol. The Morgan fingerprint density at radius 2 is 1.94 bits per heavy atom. The fourth-order valence-electron chi connectivity index (χ4n) is 3.44. The zero-order chi connectivity index (χ0) is 22.3. The van der Waals surface area contributed by atoms with Gasteiger partial charge in [0.25, 0.3) is 5.91 Å². The highest BCUT2D eigenvalue weighted by atomic mass is 32.1. The number of benzene rings is 1. The molecule has 0 radical (unpaired) electrons. The van der Waals surface area contributed by atoms with Crippen LogP contribution in [0.5, 0.6) is 0 Å². The maximum absolute atomic E-state index is 13.6. The van der Waals surface area contributed by atoms with Gasteiger partial charge in [0.15, 0.2) is 5.69 Å². The lowest BCUT2D eigenvalue weighted by atomic mass is 10.1. The van der Waals surface area contributed by atoms with Crippen LogP contribution in [0.1, 0.15) is 46.5 Å². The second kappa shape index (κ2) is 7.84. The van der Waals surface area contributed by atoms with Crippen LogP contribution in [0.15, 0.2) is 42.6 Å². The molecule has 1 N–H and O–H groups in total. The molecule has 0 aliphatic rings. The molecule has 4 rings (SSSR count). The number of carbonyl (C=O) groups is 1. The van der Waals surface area contributed by atoms with Gasteiger partial charge in [0.1, 0.15) is 4.83 Å². The third kappa shape index (κ3) is 3.95. The van der Waals surface area contributed by atoms with Crippen molar-refractivity contribution < 1.29 is 18.0 Å². The second-order valence-electron chi connectivity index (χ2n) is 7.14. The number of aryl methyl sites for hydroxylation is 2. The molecule has 1 amide bonds. The summed E-state index contributed by atoms with van der Waals surface area (Å²) in [4.78, 5) is 13.3. The first-order chi connectivity index (χ1) is 14.7. The first-order valence-corrected chi connectivity index (χ1v) is 10.5. The Balaban J connectivity index is 1.70. The zero-order valence-electron chi connectivity index (χ0n) is 17.1. The summed E-state index contributed by atoms with van der Waals surface area (Å²) >= 11 is 0.982. The van der Waals surface area contributed by atoms with E-state index in [4.69, 9.17) is 0 Å². The standard InChI is InChI=1S/C21H20F3N5OS/c1-4-28-11-16(13(3)26-28)12(2)25-19(30)17-10-15-18(21(22,23)24)27-29(20(15)31-17)14-8-6-5-7-9-14/h5-12H,4H2,1-3H3,(H,25,30)/t12-/m1/s1. The van der Waals surface area contributed by atoms with Gasteiger partial charge in [0, 0.05) is 23.7 Å². The van der Waals surface area contributed by atoms with E-state index in [0.717, 1.165) is 22.6 Å². The van der Waals surface area contributed by atoms with Gasteiger partial charge in [-0.3, -0.25) is 9.48 Å². The van der Waals surface area contributed by atoms with E-state index >= 15 is 0 Å². The van der Waals surface area contributed by atoms with E-state index in [1.807, 2.05) is 27.0 Å². The molecule has 1 aromatic carbocycles. The molecule has 0 unspecified atom stereocenters. The summed E-state index contributed by atoms with van der Waals surface area (Å²) < 4.78 is 43.8. The molecule has 31 heavy (non-hydrogen) atoms. The van der Waals surface area contributed by atoms with Crippen molar-refractivity contribution in [3.05, 3.63) is 64.4 Å². The predicted octanol–water partition coefficient (Wildman–Crippen LogP) is 5.12. The lowest BCUT2D eigenvalue weighted by Gasteiger charge is -2.12. The van der Waals surface area contributed by atoms with E-state index in [-0.39, 0.29) is 21.1 Å². The van der Waals surface area contributed by atoms with Crippen LogP contribution >= 0.6 is 11.3 Å². The molecular formula is C21H20F3N5OS. The minimum absolute atomic E-state index is 0.0888. The van der Waals surface area contributed by atoms with Gasteiger partial charge in [-0.15, -0.1) is 11.3 Å². The molecule has 0 saturated carbocycles. The molecule has 1 atom stereocenters. The number of alkyl halides is 3. The molecule has 0 fully saturated rings. The number of para-hydroxylation sites is 1. The number of hydrogen-bond acceptors (Lipinski definition) is 4. The van der Waals surface area contributed by atoms with E-state index in [9.17, 15) is 18.0 Å². The van der Waals surface area contributed by atoms with Crippen molar-refractivity contribution in [3.8, 4) is 5.69 Å². The minimum Gasteiger partial charge on any atom is -0.345 e. The average Bonchev–Trinajstić information content (AvgIpc) is 3.40. The maximum Gasteiger partial charge on any atom is 0.435 e. The fraction of sp³-hybridized carbons (Fsp3) is 0.286. The van der Waals surface area contributed by atoms with Crippen molar-refractivity contribution in [3.63, 3.8) is 0 Å². The normalized spacial score (nSPS) is 13.0. The summed E-state index contributed by atoms with van der Waals surface area (Å²) in [5.41, 5.74) is 1.15. The van der Waals surface area contributed by atoms with Crippen LogP contribution in [0, 0.1) is 6.92 Å². The summed E-state index contributed by atoms with van der Waals surface area (Å²) in [5.74, 6) is -0.440. The van der Waals surface area contributed by atoms with Gasteiger partial charge in [0.2, 0.25) is 0 Å². The summed E-state index contributed by atoms with van der Waals surface area (Å²) in [6, 6.07) is 9.47. The quantitative estimate of drug-likeness (QED) is 0.462. The third-order valence-electron chi connectivity index (χ3n) is 4.98. The van der Waals surface area contributed by atoms with Crippen LogP contribution in [0.3, 0.4) is 0 Å². The van der Waals surface area contributed by atoms with Crippen LogP contribution in [-0.2, 0) is 12.7 Å². The van der Waals surface area contributed by atoms with Gasteiger partial charge in [-0.25, -0.2) is 4.68 Å². The molecule has 162 valence electrons. The Morgan fingerprint density at radius 1 is 1.23 bits per heavy atom. The first kappa shape index (κ1) is 21.1. The smallest absolute Gasteiger partial charge is 0.345 e. The molecule has 0 aliphatic carbocycles. The summed E-state index contributed by atoms with van der Waals surface area (Å²) in [7, 11) is 0. The van der Waals surface area contributed by atoms with Gasteiger partial charge in [0.05, 0.1) is 22.3 Å². The molecule has 3 heterocycles. The van der Waals surface area contributed by atoms with Crippen LogP contribution in [0.25, 0.3) is 15.9 Å². The van der Waals surface area contributed by atoms with E-state index in [1.165, 1.54) is 10.7 Å². The number of hydrogen-bond donors (Lipinski definition) is 1. The number of thiophene rings is 1. The topological polar surface area (TPSA) is 64.7 Å². The van der Waals surface area contributed by atoms with Crippen LogP contribution in [0.4, 0.5) is 13.2 Å². The maximum atomic E-state index is 13.6. The first-order valence-electron chi connectivity index (χ1n) is 9.69. The number of nitrogens with zero attached hydrogens (tertiary/aromatic N) is 4. The highest BCUT2D eigenvalue weighted by molar-refractivity contribution is 7.20. The second-order valence-corrected chi connectivity index (χ2v) is 8.17. The summed E-state index contributed by atoms with van der Waals surface area (Å²) in [6.45, 7) is 6.34. The van der Waals surface area contributed by atoms with E-state index < -0.39 is 17.8 Å². The molecule has 0 aliphatic heterocycles. The SMILES string of the molecule is CCn1cc([C@@H](C)NC(=O)c2cc3c(C(F)(F)F)nn(-c4ccccc4)c3s2)c(C)n1. The molecule has 0 spiro atoms. The Kier molecular flexibility index (Phi) is 5.34. The van der Waals surface area contributed by atoms with Gasteiger partial charge in [-0.05, 0) is 39.0 Å². The number of halogens is 3. The third-order valence-corrected chi connectivity index (χ3v) is 6.08.